The monoisotopic (exact) mass is 951 g/mol. The number of carbonyl (C=O) groups excluding carboxylic acids is 3. The van der Waals surface area contributed by atoms with E-state index >= 15 is 0 Å². The van der Waals surface area contributed by atoms with E-state index < -0.39 is 6.10 Å². The summed E-state index contributed by atoms with van der Waals surface area (Å²) in [6.07, 6.45) is 79.7. The number of unbranched alkanes of at least 4 members (excludes halogenated alkanes) is 21. The van der Waals surface area contributed by atoms with Gasteiger partial charge in [-0.3, -0.25) is 14.4 Å². The van der Waals surface area contributed by atoms with Crippen LogP contribution < -0.4 is 0 Å². The van der Waals surface area contributed by atoms with Gasteiger partial charge in [-0.25, -0.2) is 0 Å². The van der Waals surface area contributed by atoms with Gasteiger partial charge in [-0.2, -0.15) is 0 Å². The highest BCUT2D eigenvalue weighted by molar-refractivity contribution is 5.71. The fraction of sp³-hybridized carbons (Fsp3) is 0.571. The molecule has 1 atom stereocenters. The van der Waals surface area contributed by atoms with Crippen LogP contribution in [0.5, 0.6) is 0 Å². The first-order chi connectivity index (χ1) is 34.0. The van der Waals surface area contributed by atoms with Crippen LogP contribution in [0.15, 0.2) is 146 Å². The van der Waals surface area contributed by atoms with Crippen molar-refractivity contribution in [2.45, 2.75) is 219 Å². The Morgan fingerprint density at radius 1 is 0.304 bits per heavy atom. The van der Waals surface area contributed by atoms with Crippen molar-refractivity contribution in [3.8, 4) is 0 Å². The molecule has 6 heteroatoms. The second kappa shape index (κ2) is 55.9. The highest BCUT2D eigenvalue weighted by Gasteiger charge is 2.19. The van der Waals surface area contributed by atoms with Gasteiger partial charge in [-0.1, -0.05) is 256 Å². The molecular weight excluding hydrogens is 853 g/mol. The number of ether oxygens (including phenoxy) is 3. The zero-order chi connectivity index (χ0) is 50.0. The van der Waals surface area contributed by atoms with Crippen molar-refractivity contribution in [1.29, 1.82) is 0 Å². The molecule has 0 N–H and O–H groups in total. The summed E-state index contributed by atoms with van der Waals surface area (Å²) in [4.78, 5) is 38.1. The SMILES string of the molecule is CC/C=C/C=C/C=C/C=C/C=C/C=C/C=C/CCCCCC(=O)OCC(COC(=O)CCCCCCC/C=C/C=C/C=C/CC)OC(=O)CCCCCCCCCCCC/C=C/C=C/CCCCC. The van der Waals surface area contributed by atoms with Crippen molar-refractivity contribution >= 4 is 17.9 Å². The summed E-state index contributed by atoms with van der Waals surface area (Å²) >= 11 is 0. The molecule has 0 radical (unpaired) electrons. The largest absolute Gasteiger partial charge is 0.462 e. The van der Waals surface area contributed by atoms with Crippen molar-refractivity contribution in [1.82, 2.24) is 0 Å². The summed E-state index contributed by atoms with van der Waals surface area (Å²) in [5.74, 6) is -0.987. The first-order valence-corrected chi connectivity index (χ1v) is 27.5. The maximum atomic E-state index is 12.9. The molecule has 0 bridgehead atoms. The molecular formula is C63H98O6. The number of allylic oxidation sites excluding steroid dienone is 24. The molecule has 0 amide bonds. The van der Waals surface area contributed by atoms with Gasteiger partial charge in [0.15, 0.2) is 6.10 Å². The molecule has 0 saturated heterocycles. The molecule has 69 heavy (non-hydrogen) atoms. The van der Waals surface area contributed by atoms with Crippen LogP contribution in [-0.2, 0) is 28.6 Å². The van der Waals surface area contributed by atoms with Crippen LogP contribution >= 0.6 is 0 Å². The molecule has 6 nitrogen and oxygen atoms in total. The Morgan fingerprint density at radius 2 is 0.565 bits per heavy atom. The van der Waals surface area contributed by atoms with Gasteiger partial charge < -0.3 is 14.2 Å². The Hall–Kier alpha value is -4.71. The van der Waals surface area contributed by atoms with Crippen LogP contribution in [0, 0.1) is 0 Å². The second-order valence-electron chi connectivity index (χ2n) is 17.6. The molecule has 0 spiro atoms. The fourth-order valence-corrected chi connectivity index (χ4v) is 7.00. The van der Waals surface area contributed by atoms with Crippen molar-refractivity contribution < 1.29 is 28.6 Å². The van der Waals surface area contributed by atoms with Crippen LogP contribution in [0.1, 0.15) is 213 Å². The molecule has 0 aromatic heterocycles. The van der Waals surface area contributed by atoms with Crippen LogP contribution in [0.2, 0.25) is 0 Å². The Kier molecular flexibility index (Phi) is 52.1. The first-order valence-electron chi connectivity index (χ1n) is 27.5. The molecule has 0 aliphatic carbocycles. The van der Waals surface area contributed by atoms with Gasteiger partial charge in [-0.05, 0) is 83.5 Å². The molecule has 0 aliphatic rings. The van der Waals surface area contributed by atoms with Gasteiger partial charge in [-0.15, -0.1) is 0 Å². The summed E-state index contributed by atoms with van der Waals surface area (Å²) in [6, 6.07) is 0. The highest BCUT2D eigenvalue weighted by Crippen LogP contribution is 2.14. The minimum atomic E-state index is -0.814. The van der Waals surface area contributed by atoms with E-state index in [1.165, 1.54) is 77.0 Å². The fourth-order valence-electron chi connectivity index (χ4n) is 7.00. The van der Waals surface area contributed by atoms with Crippen LogP contribution in [0.3, 0.4) is 0 Å². The number of carbonyl (C=O) groups is 3. The van der Waals surface area contributed by atoms with E-state index in [4.69, 9.17) is 14.2 Å². The van der Waals surface area contributed by atoms with Gasteiger partial charge in [0.1, 0.15) is 13.2 Å². The average molecular weight is 951 g/mol. The molecule has 0 fully saturated rings. The number of rotatable bonds is 47. The summed E-state index contributed by atoms with van der Waals surface area (Å²) < 4.78 is 16.8. The molecule has 0 aromatic rings. The first kappa shape index (κ1) is 64.3. The van der Waals surface area contributed by atoms with E-state index in [-0.39, 0.29) is 31.1 Å². The summed E-state index contributed by atoms with van der Waals surface area (Å²) in [5, 5.41) is 0. The molecule has 0 heterocycles. The Morgan fingerprint density at radius 3 is 0.913 bits per heavy atom. The van der Waals surface area contributed by atoms with Gasteiger partial charge in [0, 0.05) is 19.3 Å². The molecule has 0 aromatic carbocycles. The topological polar surface area (TPSA) is 78.9 Å². The van der Waals surface area contributed by atoms with Crippen molar-refractivity contribution in [3.05, 3.63) is 146 Å². The molecule has 1 unspecified atom stereocenters. The van der Waals surface area contributed by atoms with E-state index in [1.54, 1.807) is 0 Å². The molecule has 0 rings (SSSR count). The lowest BCUT2D eigenvalue weighted by molar-refractivity contribution is -0.167. The van der Waals surface area contributed by atoms with E-state index in [2.05, 4.69) is 93.7 Å². The molecule has 386 valence electrons. The van der Waals surface area contributed by atoms with E-state index in [0.717, 1.165) is 96.3 Å². The highest BCUT2D eigenvalue weighted by atomic mass is 16.6. The Balaban J connectivity index is 4.53. The van der Waals surface area contributed by atoms with Crippen LogP contribution in [0.25, 0.3) is 0 Å². The van der Waals surface area contributed by atoms with Gasteiger partial charge in [0.25, 0.3) is 0 Å². The zero-order valence-corrected chi connectivity index (χ0v) is 44.0. The number of esters is 3. The lowest BCUT2D eigenvalue weighted by Crippen LogP contribution is -2.30. The quantitative estimate of drug-likeness (QED) is 0.0262. The van der Waals surface area contributed by atoms with Crippen molar-refractivity contribution in [2.75, 3.05) is 13.2 Å². The van der Waals surface area contributed by atoms with Gasteiger partial charge in [0.2, 0.25) is 0 Å². The standard InChI is InChI=1S/C63H98O6/c1-4-7-10-13-16-19-22-25-27-29-31-33-35-38-41-44-47-50-53-56-62(65)68-59-60(58-67-61(64)55-52-49-46-43-40-37-24-21-18-15-12-9-6-3)69-63(66)57-54-51-48-45-42-39-36-34-32-30-28-26-23-20-17-14-11-8-5-2/h7,9-10,12-13,15-27,29,31,33,35,38,41,60H,4-6,8,11,14,28,30,32,34,36-37,39-40,42-59H2,1-3H3/b10-7+,12-9+,16-13+,18-15+,20-17+,22-19+,24-21+,26-23+,27-25+,31-29+,35-33+,41-38+. The lowest BCUT2D eigenvalue weighted by Gasteiger charge is -2.18. The van der Waals surface area contributed by atoms with Crippen molar-refractivity contribution in [3.63, 3.8) is 0 Å². The number of hydrogen-bond acceptors (Lipinski definition) is 6. The summed E-state index contributed by atoms with van der Waals surface area (Å²) in [5.41, 5.74) is 0. The smallest absolute Gasteiger partial charge is 0.306 e. The van der Waals surface area contributed by atoms with E-state index in [1.807, 2.05) is 72.9 Å². The van der Waals surface area contributed by atoms with Crippen LogP contribution in [-0.4, -0.2) is 37.2 Å². The Bertz CT molecular complexity index is 1560. The van der Waals surface area contributed by atoms with Gasteiger partial charge in [0.05, 0.1) is 0 Å². The third kappa shape index (κ3) is 54.1. The van der Waals surface area contributed by atoms with Crippen molar-refractivity contribution in [2.24, 2.45) is 0 Å². The second-order valence-corrected chi connectivity index (χ2v) is 17.6. The summed E-state index contributed by atoms with van der Waals surface area (Å²) in [6.45, 7) is 6.26. The molecule has 0 aliphatic heterocycles. The Labute approximate surface area is 423 Å². The summed E-state index contributed by atoms with van der Waals surface area (Å²) in [7, 11) is 0. The normalized spacial score (nSPS) is 13.3. The zero-order valence-electron chi connectivity index (χ0n) is 44.0. The van der Waals surface area contributed by atoms with Crippen LogP contribution in [0.4, 0.5) is 0 Å². The minimum Gasteiger partial charge on any atom is -0.462 e. The maximum Gasteiger partial charge on any atom is 0.306 e. The predicted octanol–water partition coefficient (Wildman–Crippen LogP) is 18.4. The minimum absolute atomic E-state index is 0.111. The average Bonchev–Trinajstić information content (AvgIpc) is 3.35. The van der Waals surface area contributed by atoms with E-state index in [9.17, 15) is 14.4 Å². The maximum absolute atomic E-state index is 12.9. The molecule has 0 saturated carbocycles. The number of hydrogen-bond donors (Lipinski definition) is 0. The third-order valence-corrected chi connectivity index (χ3v) is 11.1. The lowest BCUT2D eigenvalue weighted by atomic mass is 10.1. The van der Waals surface area contributed by atoms with E-state index in [0.29, 0.717) is 19.3 Å². The van der Waals surface area contributed by atoms with Gasteiger partial charge >= 0.3 is 17.9 Å². The third-order valence-electron chi connectivity index (χ3n) is 11.1. The predicted molar refractivity (Wildman–Crippen MR) is 297 cm³/mol.